The molecule has 2 aromatic heterocycles. The van der Waals surface area contributed by atoms with Crippen LogP contribution < -0.4 is 31.2 Å². The Balaban J connectivity index is 2.27. The van der Waals surface area contributed by atoms with Gasteiger partial charge in [0.15, 0.2) is 23.2 Å². The summed E-state index contributed by atoms with van der Waals surface area (Å²) in [5.74, 6) is -0.503. The number of carbonyl (C=O) groups excluding carboxylic acids is 3. The third-order valence-corrected chi connectivity index (χ3v) is 6.75. The average molecular weight is 530 g/mol. The first-order valence-electron chi connectivity index (χ1n) is 11.4. The van der Waals surface area contributed by atoms with Gasteiger partial charge in [0.2, 0.25) is 0 Å². The lowest BCUT2D eigenvalue weighted by Crippen LogP contribution is -2.50. The molecule has 1 aromatic carbocycles. The first kappa shape index (κ1) is 27.5. The Hall–Kier alpha value is -4.06. The Morgan fingerprint density at radius 1 is 1.16 bits per heavy atom. The van der Waals surface area contributed by atoms with Crippen molar-refractivity contribution in [3.05, 3.63) is 52.4 Å². The third-order valence-electron chi connectivity index (χ3n) is 5.90. The van der Waals surface area contributed by atoms with E-state index < -0.39 is 29.3 Å². The van der Waals surface area contributed by atoms with E-state index in [1.54, 1.807) is 37.3 Å². The van der Waals surface area contributed by atoms with Gasteiger partial charge in [-0.3, -0.25) is 19.3 Å². The Bertz CT molecular complexity index is 1310. The number of nitrogens with one attached hydrogen (secondary N) is 1. The van der Waals surface area contributed by atoms with E-state index in [2.05, 4.69) is 9.69 Å². The standard InChI is InChI=1S/C25H31N5O6S/c1-7-25(3,4)28-23(32)20(16-10-8-13(2)36-16)30(14-9-11-15(34-5)17(12-14)35-6)24(33)21-18(26)19(22(27)31)29-37-21/h8-12,20H,7,26H2,1-6H3,(H2,27,31)(H,28,32)/t20-/m0/s1. The van der Waals surface area contributed by atoms with E-state index in [4.69, 9.17) is 25.4 Å². The molecule has 0 radical (unpaired) electrons. The van der Waals surface area contributed by atoms with Crippen molar-refractivity contribution in [3.8, 4) is 11.5 Å². The molecule has 0 unspecified atom stereocenters. The van der Waals surface area contributed by atoms with Crippen LogP contribution >= 0.6 is 11.5 Å². The number of anilines is 2. The highest BCUT2D eigenvalue weighted by molar-refractivity contribution is 7.09. The summed E-state index contributed by atoms with van der Waals surface area (Å²) in [4.78, 5) is 40.8. The second-order valence-electron chi connectivity index (χ2n) is 8.93. The third kappa shape index (κ3) is 5.69. The zero-order valence-electron chi connectivity index (χ0n) is 21.6. The fourth-order valence-electron chi connectivity index (χ4n) is 3.56. The minimum Gasteiger partial charge on any atom is -0.493 e. The zero-order chi connectivity index (χ0) is 27.5. The van der Waals surface area contributed by atoms with Crippen LogP contribution in [0.3, 0.4) is 0 Å². The number of rotatable bonds is 10. The number of carbonyl (C=O) groups is 3. The van der Waals surface area contributed by atoms with Gasteiger partial charge in [0.1, 0.15) is 16.4 Å². The maximum absolute atomic E-state index is 14.1. The van der Waals surface area contributed by atoms with Crippen LogP contribution in [-0.2, 0) is 4.79 Å². The largest absolute Gasteiger partial charge is 0.493 e. The molecule has 0 aliphatic carbocycles. The number of aromatic nitrogens is 1. The van der Waals surface area contributed by atoms with Crippen LogP contribution in [0.5, 0.6) is 11.5 Å². The van der Waals surface area contributed by atoms with Crippen LogP contribution in [0.15, 0.2) is 34.7 Å². The zero-order valence-corrected chi connectivity index (χ0v) is 22.4. The van der Waals surface area contributed by atoms with Gasteiger partial charge < -0.3 is 30.7 Å². The van der Waals surface area contributed by atoms with Gasteiger partial charge in [-0.15, -0.1) is 0 Å². The van der Waals surface area contributed by atoms with Gasteiger partial charge in [-0.1, -0.05) is 6.92 Å². The predicted molar refractivity (Wildman–Crippen MR) is 140 cm³/mol. The second kappa shape index (κ2) is 10.9. The molecule has 12 heteroatoms. The van der Waals surface area contributed by atoms with Crippen LogP contribution in [0, 0.1) is 6.92 Å². The highest BCUT2D eigenvalue weighted by atomic mass is 32.1. The summed E-state index contributed by atoms with van der Waals surface area (Å²) < 4.78 is 20.6. The number of benzene rings is 1. The molecule has 11 nitrogen and oxygen atoms in total. The van der Waals surface area contributed by atoms with Gasteiger partial charge in [0, 0.05) is 17.3 Å². The molecule has 1 atom stereocenters. The number of nitrogen functional groups attached to an aromatic ring is 1. The monoisotopic (exact) mass is 529 g/mol. The van der Waals surface area contributed by atoms with Crippen molar-refractivity contribution in [2.24, 2.45) is 5.73 Å². The molecule has 0 aliphatic heterocycles. The first-order chi connectivity index (χ1) is 17.4. The number of primary amides is 1. The summed E-state index contributed by atoms with van der Waals surface area (Å²) in [7, 11) is 2.94. The molecular formula is C25H31N5O6S. The summed E-state index contributed by atoms with van der Waals surface area (Å²) in [5.41, 5.74) is 10.8. The summed E-state index contributed by atoms with van der Waals surface area (Å²) >= 11 is 0.715. The molecule has 0 fully saturated rings. The van der Waals surface area contributed by atoms with Gasteiger partial charge >= 0.3 is 0 Å². The molecule has 0 saturated carbocycles. The van der Waals surface area contributed by atoms with Crippen molar-refractivity contribution in [1.82, 2.24) is 9.69 Å². The lowest BCUT2D eigenvalue weighted by molar-refractivity contribution is -0.124. The number of ether oxygens (including phenoxy) is 2. The van der Waals surface area contributed by atoms with Crippen molar-refractivity contribution >= 4 is 40.6 Å². The molecule has 0 spiro atoms. The van der Waals surface area contributed by atoms with Crippen molar-refractivity contribution in [3.63, 3.8) is 0 Å². The number of nitrogens with zero attached hydrogens (tertiary/aromatic N) is 2. The minimum atomic E-state index is -1.25. The SMILES string of the molecule is CCC(C)(C)NC(=O)[C@H](c1ccc(C)o1)N(C(=O)c1snc(C(N)=O)c1N)c1ccc(OC)c(OC)c1. The molecule has 0 bridgehead atoms. The van der Waals surface area contributed by atoms with Crippen LogP contribution in [0.25, 0.3) is 0 Å². The molecule has 3 amide bonds. The number of aryl methyl sites for hydroxylation is 1. The molecule has 0 aliphatic rings. The maximum Gasteiger partial charge on any atom is 0.273 e. The highest BCUT2D eigenvalue weighted by Crippen LogP contribution is 2.38. The quantitative estimate of drug-likeness (QED) is 0.360. The van der Waals surface area contributed by atoms with Crippen LogP contribution in [0.4, 0.5) is 11.4 Å². The highest BCUT2D eigenvalue weighted by Gasteiger charge is 2.39. The predicted octanol–water partition coefficient (Wildman–Crippen LogP) is 3.44. The fraction of sp³-hybridized carbons (Fsp3) is 0.360. The minimum absolute atomic E-state index is 0.0561. The molecule has 2 heterocycles. The lowest BCUT2D eigenvalue weighted by atomic mass is 10.0. The van der Waals surface area contributed by atoms with Crippen molar-refractivity contribution < 1.29 is 28.3 Å². The molecule has 198 valence electrons. The van der Waals surface area contributed by atoms with Gasteiger partial charge in [0.25, 0.3) is 17.7 Å². The number of hydrogen-bond acceptors (Lipinski definition) is 9. The summed E-state index contributed by atoms with van der Waals surface area (Å²) in [5, 5.41) is 2.99. The van der Waals surface area contributed by atoms with E-state index in [1.165, 1.54) is 19.1 Å². The topological polar surface area (TPSA) is 163 Å². The van der Waals surface area contributed by atoms with Gasteiger partial charge in [-0.25, -0.2) is 0 Å². The smallest absolute Gasteiger partial charge is 0.273 e. The molecule has 0 saturated heterocycles. The molecular weight excluding hydrogens is 498 g/mol. The van der Waals surface area contributed by atoms with E-state index in [-0.39, 0.29) is 22.0 Å². The summed E-state index contributed by atoms with van der Waals surface area (Å²) in [6.07, 6.45) is 0.636. The number of hydrogen-bond donors (Lipinski definition) is 3. The molecule has 3 rings (SSSR count). The Morgan fingerprint density at radius 3 is 2.35 bits per heavy atom. The van der Waals surface area contributed by atoms with Gasteiger partial charge in [-0.2, -0.15) is 4.37 Å². The van der Waals surface area contributed by atoms with E-state index in [0.717, 1.165) is 0 Å². The van der Waals surface area contributed by atoms with Crippen molar-refractivity contribution in [1.29, 1.82) is 0 Å². The Kier molecular flexibility index (Phi) is 8.12. The van der Waals surface area contributed by atoms with Crippen LogP contribution in [0.2, 0.25) is 0 Å². The van der Waals surface area contributed by atoms with Gasteiger partial charge in [-0.05, 0) is 63.0 Å². The Morgan fingerprint density at radius 2 is 1.84 bits per heavy atom. The van der Waals surface area contributed by atoms with E-state index >= 15 is 0 Å². The molecule has 37 heavy (non-hydrogen) atoms. The van der Waals surface area contributed by atoms with Crippen LogP contribution in [-0.4, -0.2) is 41.9 Å². The van der Waals surface area contributed by atoms with E-state index in [0.29, 0.717) is 40.9 Å². The van der Waals surface area contributed by atoms with Crippen molar-refractivity contribution in [2.75, 3.05) is 24.9 Å². The number of amides is 3. The Labute approximate surface area is 218 Å². The lowest BCUT2D eigenvalue weighted by Gasteiger charge is -2.33. The fourth-order valence-corrected chi connectivity index (χ4v) is 4.30. The molecule has 5 N–H and O–H groups in total. The van der Waals surface area contributed by atoms with E-state index in [1.807, 2.05) is 20.8 Å². The molecule has 3 aromatic rings. The number of nitrogens with two attached hydrogens (primary N) is 2. The average Bonchev–Trinajstić information content (AvgIpc) is 3.46. The van der Waals surface area contributed by atoms with E-state index in [9.17, 15) is 14.4 Å². The summed E-state index contributed by atoms with van der Waals surface area (Å²) in [6.45, 7) is 7.42. The number of furan rings is 1. The van der Waals surface area contributed by atoms with Crippen molar-refractivity contribution in [2.45, 2.75) is 45.7 Å². The maximum atomic E-state index is 14.1. The van der Waals surface area contributed by atoms with Gasteiger partial charge in [0.05, 0.1) is 19.9 Å². The second-order valence-corrected chi connectivity index (χ2v) is 9.70. The normalized spacial score (nSPS) is 12.1. The first-order valence-corrected chi connectivity index (χ1v) is 12.2. The summed E-state index contributed by atoms with van der Waals surface area (Å²) in [6, 6.07) is 6.85. The number of methoxy groups -OCH3 is 2. The van der Waals surface area contributed by atoms with Crippen LogP contribution in [0.1, 0.15) is 64.9 Å².